The summed E-state index contributed by atoms with van der Waals surface area (Å²) in [5, 5.41) is 4.47. The van der Waals surface area contributed by atoms with Crippen molar-refractivity contribution in [3.8, 4) is 0 Å². The summed E-state index contributed by atoms with van der Waals surface area (Å²) >= 11 is 3.49. The van der Waals surface area contributed by atoms with E-state index in [2.05, 4.69) is 51.6 Å². The monoisotopic (exact) mass is 322 g/mol. The van der Waals surface area contributed by atoms with E-state index in [0.717, 1.165) is 28.6 Å². The summed E-state index contributed by atoms with van der Waals surface area (Å²) in [6.45, 7) is 2.11. The second-order valence-electron chi connectivity index (χ2n) is 4.58. The van der Waals surface area contributed by atoms with Crippen molar-refractivity contribution >= 4 is 15.9 Å². The molecule has 0 aliphatic carbocycles. The van der Waals surface area contributed by atoms with E-state index >= 15 is 0 Å². The molecular formula is C14H19BrN4. The third kappa shape index (κ3) is 3.43. The fourth-order valence-corrected chi connectivity index (χ4v) is 2.56. The molecule has 2 rings (SSSR count). The molecule has 0 fully saturated rings. The maximum absolute atomic E-state index is 5.70. The standard InChI is InChI=1S/C14H19BrN4/c1-3-12-8-13(19(2)18-12)9-14(17-16)10-5-4-6-11(15)7-10/h4-8,14,17H,3,9,16H2,1-2H3. The van der Waals surface area contributed by atoms with Gasteiger partial charge in [-0.3, -0.25) is 16.0 Å². The number of halogens is 1. The van der Waals surface area contributed by atoms with Gasteiger partial charge in [0.15, 0.2) is 0 Å². The second kappa shape index (κ2) is 6.32. The number of nitrogens with two attached hydrogens (primary N) is 1. The number of aryl methyl sites for hydroxylation is 2. The first-order valence-electron chi connectivity index (χ1n) is 6.37. The van der Waals surface area contributed by atoms with Crippen molar-refractivity contribution in [3.63, 3.8) is 0 Å². The van der Waals surface area contributed by atoms with Crippen molar-refractivity contribution in [2.45, 2.75) is 25.8 Å². The van der Waals surface area contributed by atoms with E-state index in [1.807, 2.05) is 23.9 Å². The number of hydrazine groups is 1. The van der Waals surface area contributed by atoms with Crippen LogP contribution >= 0.6 is 15.9 Å². The first kappa shape index (κ1) is 14.2. The van der Waals surface area contributed by atoms with Crippen molar-refractivity contribution in [2.75, 3.05) is 0 Å². The highest BCUT2D eigenvalue weighted by molar-refractivity contribution is 9.10. The molecule has 0 aliphatic heterocycles. The molecule has 1 aromatic heterocycles. The number of nitrogens with zero attached hydrogens (tertiary/aromatic N) is 2. The van der Waals surface area contributed by atoms with Crippen molar-refractivity contribution in [3.05, 3.63) is 51.8 Å². The molecule has 0 spiro atoms. The number of rotatable bonds is 5. The van der Waals surface area contributed by atoms with Crippen molar-refractivity contribution < 1.29 is 0 Å². The molecule has 102 valence electrons. The van der Waals surface area contributed by atoms with E-state index in [9.17, 15) is 0 Å². The molecule has 0 amide bonds. The fourth-order valence-electron chi connectivity index (χ4n) is 2.14. The second-order valence-corrected chi connectivity index (χ2v) is 5.50. The molecule has 1 atom stereocenters. The lowest BCUT2D eigenvalue weighted by Crippen LogP contribution is -2.30. The van der Waals surface area contributed by atoms with Gasteiger partial charge in [0.2, 0.25) is 0 Å². The summed E-state index contributed by atoms with van der Waals surface area (Å²) in [5.41, 5.74) is 6.34. The van der Waals surface area contributed by atoms with Crippen molar-refractivity contribution in [1.82, 2.24) is 15.2 Å². The summed E-state index contributed by atoms with van der Waals surface area (Å²) in [4.78, 5) is 0. The average molecular weight is 323 g/mol. The number of hydrogen-bond acceptors (Lipinski definition) is 3. The van der Waals surface area contributed by atoms with Gasteiger partial charge in [0.25, 0.3) is 0 Å². The lowest BCUT2D eigenvalue weighted by molar-refractivity contribution is 0.529. The molecule has 5 heteroatoms. The quantitative estimate of drug-likeness (QED) is 0.657. The first-order chi connectivity index (χ1) is 9.13. The SMILES string of the molecule is CCc1cc(CC(NN)c2cccc(Br)c2)n(C)n1. The van der Waals surface area contributed by atoms with Gasteiger partial charge in [0.05, 0.1) is 11.7 Å². The number of nitrogens with one attached hydrogen (secondary N) is 1. The highest BCUT2D eigenvalue weighted by atomic mass is 79.9. The zero-order valence-electron chi connectivity index (χ0n) is 11.2. The minimum Gasteiger partial charge on any atom is -0.272 e. The van der Waals surface area contributed by atoms with Crippen LogP contribution in [-0.4, -0.2) is 9.78 Å². The molecule has 1 heterocycles. The zero-order valence-corrected chi connectivity index (χ0v) is 12.8. The Hall–Kier alpha value is -1.17. The Morgan fingerprint density at radius 3 is 2.79 bits per heavy atom. The van der Waals surface area contributed by atoms with Gasteiger partial charge in [0, 0.05) is 23.6 Å². The van der Waals surface area contributed by atoms with Crippen LogP contribution in [-0.2, 0) is 19.9 Å². The highest BCUT2D eigenvalue weighted by Crippen LogP contribution is 2.21. The molecule has 0 saturated heterocycles. The van der Waals surface area contributed by atoms with Gasteiger partial charge in [0.1, 0.15) is 0 Å². The minimum atomic E-state index is 0.0811. The Bertz CT molecular complexity index is 550. The fraction of sp³-hybridized carbons (Fsp3) is 0.357. The largest absolute Gasteiger partial charge is 0.272 e. The van der Waals surface area contributed by atoms with Gasteiger partial charge >= 0.3 is 0 Å². The topological polar surface area (TPSA) is 55.9 Å². The van der Waals surface area contributed by atoms with E-state index in [-0.39, 0.29) is 6.04 Å². The molecule has 4 nitrogen and oxygen atoms in total. The Labute approximate surface area is 122 Å². The zero-order chi connectivity index (χ0) is 13.8. The Morgan fingerprint density at radius 1 is 1.42 bits per heavy atom. The van der Waals surface area contributed by atoms with Crippen LogP contribution in [0.15, 0.2) is 34.8 Å². The van der Waals surface area contributed by atoms with Crippen molar-refractivity contribution in [1.29, 1.82) is 0 Å². The molecule has 0 bridgehead atoms. The van der Waals surface area contributed by atoms with E-state index in [1.54, 1.807) is 0 Å². The summed E-state index contributed by atoms with van der Waals surface area (Å²) in [5.74, 6) is 5.70. The molecule has 1 aromatic carbocycles. The number of benzene rings is 1. The van der Waals surface area contributed by atoms with Crippen LogP contribution in [0.2, 0.25) is 0 Å². The van der Waals surface area contributed by atoms with E-state index in [1.165, 1.54) is 5.69 Å². The highest BCUT2D eigenvalue weighted by Gasteiger charge is 2.14. The van der Waals surface area contributed by atoms with Crippen LogP contribution in [0.25, 0.3) is 0 Å². The van der Waals surface area contributed by atoms with Gasteiger partial charge in [-0.05, 0) is 30.2 Å². The summed E-state index contributed by atoms with van der Waals surface area (Å²) < 4.78 is 2.99. The Kier molecular flexibility index (Phi) is 4.74. The predicted octanol–water partition coefficient (Wildman–Crippen LogP) is 2.49. The number of aromatic nitrogens is 2. The van der Waals surface area contributed by atoms with Gasteiger partial charge in [-0.25, -0.2) is 0 Å². The molecule has 3 N–H and O–H groups in total. The van der Waals surface area contributed by atoms with Crippen LogP contribution in [0.3, 0.4) is 0 Å². The molecular weight excluding hydrogens is 304 g/mol. The third-order valence-corrected chi connectivity index (χ3v) is 3.75. The molecule has 2 aromatic rings. The van der Waals surface area contributed by atoms with Crippen LogP contribution in [0.4, 0.5) is 0 Å². The molecule has 19 heavy (non-hydrogen) atoms. The third-order valence-electron chi connectivity index (χ3n) is 3.26. The lowest BCUT2D eigenvalue weighted by atomic mass is 10.0. The van der Waals surface area contributed by atoms with Crippen LogP contribution in [0.5, 0.6) is 0 Å². The molecule has 1 unspecified atom stereocenters. The molecule has 0 radical (unpaired) electrons. The first-order valence-corrected chi connectivity index (χ1v) is 7.16. The predicted molar refractivity (Wildman–Crippen MR) is 80.5 cm³/mol. The van der Waals surface area contributed by atoms with E-state index in [0.29, 0.717) is 0 Å². The molecule has 0 saturated carbocycles. The molecule has 0 aliphatic rings. The summed E-state index contributed by atoms with van der Waals surface area (Å²) in [6, 6.07) is 10.4. The van der Waals surface area contributed by atoms with E-state index < -0.39 is 0 Å². The summed E-state index contributed by atoms with van der Waals surface area (Å²) in [7, 11) is 1.98. The summed E-state index contributed by atoms with van der Waals surface area (Å²) in [6.07, 6.45) is 1.77. The van der Waals surface area contributed by atoms with Crippen LogP contribution in [0, 0.1) is 0 Å². The maximum Gasteiger partial charge on any atom is 0.0624 e. The Balaban J connectivity index is 2.21. The van der Waals surface area contributed by atoms with Crippen molar-refractivity contribution in [2.24, 2.45) is 12.9 Å². The van der Waals surface area contributed by atoms with Crippen LogP contribution < -0.4 is 11.3 Å². The van der Waals surface area contributed by atoms with Gasteiger partial charge < -0.3 is 0 Å². The Morgan fingerprint density at radius 2 is 2.21 bits per heavy atom. The normalized spacial score (nSPS) is 12.6. The van der Waals surface area contributed by atoms with Gasteiger partial charge in [-0.1, -0.05) is 35.0 Å². The van der Waals surface area contributed by atoms with E-state index in [4.69, 9.17) is 5.84 Å². The van der Waals surface area contributed by atoms with Crippen LogP contribution in [0.1, 0.15) is 29.9 Å². The van der Waals surface area contributed by atoms with Gasteiger partial charge in [-0.15, -0.1) is 0 Å². The smallest absolute Gasteiger partial charge is 0.0624 e. The average Bonchev–Trinajstić information content (AvgIpc) is 2.76. The lowest BCUT2D eigenvalue weighted by Gasteiger charge is -2.16. The number of hydrogen-bond donors (Lipinski definition) is 2. The maximum atomic E-state index is 5.70. The minimum absolute atomic E-state index is 0.0811. The van der Waals surface area contributed by atoms with Gasteiger partial charge in [-0.2, -0.15) is 5.10 Å².